The zero-order chi connectivity index (χ0) is 14.7. The highest BCUT2D eigenvalue weighted by molar-refractivity contribution is 5.39. The molecule has 2 aliphatic rings. The molecule has 0 aliphatic heterocycles. The number of aliphatic hydroxyl groups excluding tert-OH is 1. The molecule has 3 heteroatoms. The van der Waals surface area contributed by atoms with E-state index in [0.29, 0.717) is 12.5 Å². The van der Waals surface area contributed by atoms with Crippen molar-refractivity contribution in [3.05, 3.63) is 29.3 Å². The zero-order valence-electron chi connectivity index (χ0n) is 12.8. The summed E-state index contributed by atoms with van der Waals surface area (Å²) >= 11 is 0. The third-order valence-electron chi connectivity index (χ3n) is 5.00. The third-order valence-corrected chi connectivity index (χ3v) is 5.00. The first-order valence-electron chi connectivity index (χ1n) is 8.41. The molecular weight excluding hydrogens is 262 g/mol. The van der Waals surface area contributed by atoms with Crippen LogP contribution in [0.3, 0.4) is 0 Å². The minimum Gasteiger partial charge on any atom is -0.491 e. The van der Waals surface area contributed by atoms with E-state index < -0.39 is 0 Å². The van der Waals surface area contributed by atoms with Crippen LogP contribution in [0, 0.1) is 5.92 Å². The predicted molar refractivity (Wildman–Crippen MR) is 84.4 cm³/mol. The van der Waals surface area contributed by atoms with Gasteiger partial charge in [0.05, 0.1) is 6.10 Å². The summed E-state index contributed by atoms with van der Waals surface area (Å²) in [5.74, 6) is 1.54. The quantitative estimate of drug-likeness (QED) is 0.874. The van der Waals surface area contributed by atoms with E-state index in [1.807, 2.05) is 6.07 Å². The molecule has 1 unspecified atom stereocenters. The minimum absolute atomic E-state index is 0.140. The lowest BCUT2D eigenvalue weighted by Gasteiger charge is -2.23. The summed E-state index contributed by atoms with van der Waals surface area (Å²) < 4.78 is 5.79. The van der Waals surface area contributed by atoms with E-state index in [1.165, 1.54) is 43.2 Å². The number of ether oxygens (including phenoxy) is 1. The van der Waals surface area contributed by atoms with Gasteiger partial charge in [-0.2, -0.15) is 0 Å². The first kappa shape index (κ1) is 14.9. The number of aryl methyl sites for hydroxylation is 1. The Morgan fingerprint density at radius 2 is 2.00 bits per heavy atom. The van der Waals surface area contributed by atoms with E-state index in [4.69, 9.17) is 10.5 Å². The average molecular weight is 289 g/mol. The van der Waals surface area contributed by atoms with Crippen LogP contribution in [0.4, 0.5) is 0 Å². The Kier molecular flexibility index (Phi) is 4.81. The molecule has 1 saturated carbocycles. The van der Waals surface area contributed by atoms with Gasteiger partial charge in [0, 0.05) is 6.04 Å². The van der Waals surface area contributed by atoms with E-state index in [0.717, 1.165) is 25.0 Å². The van der Waals surface area contributed by atoms with Crippen LogP contribution in [0.15, 0.2) is 18.2 Å². The van der Waals surface area contributed by atoms with Crippen LogP contribution in [-0.4, -0.2) is 17.8 Å². The summed E-state index contributed by atoms with van der Waals surface area (Å²) in [5, 5.41) is 10.1. The molecule has 0 heterocycles. The number of nitrogens with two attached hydrogens (primary N) is 1. The van der Waals surface area contributed by atoms with E-state index >= 15 is 0 Å². The van der Waals surface area contributed by atoms with E-state index in [1.54, 1.807) is 0 Å². The number of hydrogen-bond acceptors (Lipinski definition) is 3. The second-order valence-corrected chi connectivity index (χ2v) is 6.71. The normalized spacial score (nSPS) is 23.8. The monoisotopic (exact) mass is 289 g/mol. The smallest absolute Gasteiger partial charge is 0.119 e. The fourth-order valence-corrected chi connectivity index (χ4v) is 3.79. The number of aliphatic hydroxyl groups is 1. The zero-order valence-corrected chi connectivity index (χ0v) is 12.8. The van der Waals surface area contributed by atoms with E-state index in [9.17, 15) is 5.11 Å². The highest BCUT2D eigenvalue weighted by Crippen LogP contribution is 2.31. The lowest BCUT2D eigenvalue weighted by atomic mass is 9.88. The van der Waals surface area contributed by atoms with Crippen LogP contribution in [0.1, 0.15) is 62.1 Å². The molecule has 1 aromatic rings. The standard InChI is InChI=1S/C18H27NO2/c19-18-7-3-6-14-8-9-16(11-17(14)18)21-12-15(20)10-13-4-1-2-5-13/h8-9,11,13,15,18,20H,1-7,10,12,19H2/t15?,18-/m1/s1. The van der Waals surface area contributed by atoms with Crippen molar-refractivity contribution in [3.63, 3.8) is 0 Å². The van der Waals surface area contributed by atoms with Gasteiger partial charge in [0.1, 0.15) is 12.4 Å². The van der Waals surface area contributed by atoms with Crippen LogP contribution in [0.5, 0.6) is 5.75 Å². The van der Waals surface area contributed by atoms with Gasteiger partial charge in [0.25, 0.3) is 0 Å². The van der Waals surface area contributed by atoms with Crippen molar-refractivity contribution in [2.75, 3.05) is 6.61 Å². The Hall–Kier alpha value is -1.06. The fraction of sp³-hybridized carbons (Fsp3) is 0.667. The summed E-state index contributed by atoms with van der Waals surface area (Å²) in [6, 6.07) is 6.36. The maximum Gasteiger partial charge on any atom is 0.119 e. The number of rotatable bonds is 5. The topological polar surface area (TPSA) is 55.5 Å². The van der Waals surface area contributed by atoms with E-state index in [-0.39, 0.29) is 12.1 Å². The predicted octanol–water partition coefficient (Wildman–Crippen LogP) is 3.34. The van der Waals surface area contributed by atoms with Gasteiger partial charge in [-0.05, 0) is 54.9 Å². The van der Waals surface area contributed by atoms with Crippen molar-refractivity contribution in [3.8, 4) is 5.75 Å². The van der Waals surface area contributed by atoms with Crippen molar-refractivity contribution in [1.29, 1.82) is 0 Å². The summed E-state index contributed by atoms with van der Waals surface area (Å²) in [4.78, 5) is 0. The molecule has 3 rings (SSSR count). The van der Waals surface area contributed by atoms with Crippen LogP contribution in [-0.2, 0) is 6.42 Å². The number of benzene rings is 1. The van der Waals surface area contributed by atoms with Crippen LogP contribution in [0.2, 0.25) is 0 Å². The Balaban J connectivity index is 1.54. The van der Waals surface area contributed by atoms with Crippen molar-refractivity contribution >= 4 is 0 Å². The molecule has 0 saturated heterocycles. The molecule has 3 N–H and O–H groups in total. The first-order valence-corrected chi connectivity index (χ1v) is 8.41. The lowest BCUT2D eigenvalue weighted by Crippen LogP contribution is -2.21. The van der Waals surface area contributed by atoms with Gasteiger partial charge >= 0.3 is 0 Å². The maximum absolute atomic E-state index is 10.1. The molecule has 3 nitrogen and oxygen atoms in total. The summed E-state index contributed by atoms with van der Waals surface area (Å²) in [5.41, 5.74) is 8.76. The molecule has 0 radical (unpaired) electrons. The Morgan fingerprint density at radius 1 is 1.19 bits per heavy atom. The Labute approximate surface area is 127 Å². The van der Waals surface area contributed by atoms with Crippen LogP contribution < -0.4 is 10.5 Å². The average Bonchev–Trinajstić information content (AvgIpc) is 2.98. The molecule has 2 aliphatic carbocycles. The minimum atomic E-state index is -0.349. The molecule has 1 aromatic carbocycles. The molecule has 116 valence electrons. The van der Waals surface area contributed by atoms with Crippen LogP contribution in [0.25, 0.3) is 0 Å². The van der Waals surface area contributed by atoms with Gasteiger partial charge in [-0.15, -0.1) is 0 Å². The van der Waals surface area contributed by atoms with Crippen LogP contribution >= 0.6 is 0 Å². The Morgan fingerprint density at radius 3 is 2.81 bits per heavy atom. The highest BCUT2D eigenvalue weighted by atomic mass is 16.5. The molecular formula is C18H27NO2. The van der Waals surface area contributed by atoms with Gasteiger partial charge in [-0.25, -0.2) is 0 Å². The molecule has 0 amide bonds. The summed E-state index contributed by atoms with van der Waals surface area (Å²) in [6.45, 7) is 0.393. The molecule has 1 fully saturated rings. The third kappa shape index (κ3) is 3.78. The van der Waals surface area contributed by atoms with Crippen molar-refractivity contribution in [1.82, 2.24) is 0 Å². The van der Waals surface area contributed by atoms with Gasteiger partial charge in [0.2, 0.25) is 0 Å². The molecule has 0 aromatic heterocycles. The molecule has 0 spiro atoms. The first-order chi connectivity index (χ1) is 10.2. The summed E-state index contributed by atoms with van der Waals surface area (Å²) in [6.07, 6.45) is 9.06. The fourth-order valence-electron chi connectivity index (χ4n) is 3.79. The van der Waals surface area contributed by atoms with Gasteiger partial charge in [0.15, 0.2) is 0 Å². The largest absolute Gasteiger partial charge is 0.491 e. The molecule has 21 heavy (non-hydrogen) atoms. The van der Waals surface area contributed by atoms with Crippen molar-refractivity contribution < 1.29 is 9.84 Å². The van der Waals surface area contributed by atoms with Crippen molar-refractivity contribution in [2.45, 2.75) is 63.5 Å². The van der Waals surface area contributed by atoms with Crippen molar-refractivity contribution in [2.24, 2.45) is 11.7 Å². The lowest BCUT2D eigenvalue weighted by molar-refractivity contribution is 0.0855. The van der Waals surface area contributed by atoms with E-state index in [2.05, 4.69) is 12.1 Å². The molecule has 2 atom stereocenters. The second kappa shape index (κ2) is 6.80. The number of fused-ring (bicyclic) bond motifs is 1. The highest BCUT2D eigenvalue weighted by Gasteiger charge is 2.20. The van der Waals surface area contributed by atoms with Gasteiger partial charge in [-0.3, -0.25) is 0 Å². The number of hydrogen-bond donors (Lipinski definition) is 2. The molecule has 0 bridgehead atoms. The van der Waals surface area contributed by atoms with Gasteiger partial charge < -0.3 is 15.6 Å². The SMILES string of the molecule is N[C@@H]1CCCc2ccc(OCC(O)CC3CCCC3)cc21. The Bertz CT molecular complexity index is 468. The summed E-state index contributed by atoms with van der Waals surface area (Å²) in [7, 11) is 0. The van der Waals surface area contributed by atoms with Gasteiger partial charge in [-0.1, -0.05) is 31.7 Å². The maximum atomic E-state index is 10.1. The second-order valence-electron chi connectivity index (χ2n) is 6.71.